The van der Waals surface area contributed by atoms with Gasteiger partial charge in [-0.25, -0.2) is 0 Å². The van der Waals surface area contributed by atoms with E-state index in [2.05, 4.69) is 0 Å². The highest BCUT2D eigenvalue weighted by atomic mass is 31.2. The van der Waals surface area contributed by atoms with Crippen LogP contribution in [0.1, 0.15) is 13.8 Å². The molecule has 0 saturated carbocycles. The molecule has 4 heteroatoms. The molecular formula is C12H15O3P. The number of ketones is 2. The highest BCUT2D eigenvalue weighted by molar-refractivity contribution is 7.73. The van der Waals surface area contributed by atoms with E-state index in [1.165, 1.54) is 13.8 Å². The van der Waals surface area contributed by atoms with Gasteiger partial charge in [-0.05, 0) is 13.8 Å². The van der Waals surface area contributed by atoms with Gasteiger partial charge >= 0.3 is 0 Å². The molecule has 16 heavy (non-hydrogen) atoms. The predicted molar refractivity (Wildman–Crippen MR) is 64.8 cm³/mol. The second-order valence-electron chi connectivity index (χ2n) is 3.95. The van der Waals surface area contributed by atoms with Gasteiger partial charge in [0.25, 0.3) is 0 Å². The Hall–Kier alpha value is -1.21. The highest BCUT2D eigenvalue weighted by Gasteiger charge is 2.27. The average Bonchev–Trinajstić information content (AvgIpc) is 2.16. The van der Waals surface area contributed by atoms with E-state index in [-0.39, 0.29) is 23.9 Å². The summed E-state index contributed by atoms with van der Waals surface area (Å²) in [5, 5.41) is 0.611. The molecule has 3 nitrogen and oxygen atoms in total. The quantitative estimate of drug-likeness (QED) is 0.735. The van der Waals surface area contributed by atoms with E-state index >= 15 is 0 Å². The average molecular weight is 238 g/mol. The van der Waals surface area contributed by atoms with Crippen molar-refractivity contribution < 1.29 is 14.2 Å². The number of carbonyl (C=O) groups excluding carboxylic acids is 2. The summed E-state index contributed by atoms with van der Waals surface area (Å²) in [6.45, 7) is 2.80. The van der Waals surface area contributed by atoms with Crippen molar-refractivity contribution in [2.75, 3.05) is 12.3 Å². The molecule has 0 unspecified atom stereocenters. The van der Waals surface area contributed by atoms with Crippen molar-refractivity contribution in [3.63, 3.8) is 0 Å². The molecule has 0 aromatic heterocycles. The zero-order valence-electron chi connectivity index (χ0n) is 9.47. The van der Waals surface area contributed by atoms with E-state index in [9.17, 15) is 14.2 Å². The van der Waals surface area contributed by atoms with Crippen LogP contribution in [0.15, 0.2) is 30.3 Å². The van der Waals surface area contributed by atoms with Gasteiger partial charge in [0, 0.05) is 5.30 Å². The highest BCUT2D eigenvalue weighted by Crippen LogP contribution is 2.43. The fraction of sp³-hybridized carbons (Fsp3) is 0.333. The van der Waals surface area contributed by atoms with Crippen LogP contribution < -0.4 is 5.30 Å². The normalized spacial score (nSPS) is 11.1. The molecule has 0 bridgehead atoms. The molecule has 0 fully saturated rings. The van der Waals surface area contributed by atoms with Crippen molar-refractivity contribution in [1.29, 1.82) is 0 Å². The Balaban J connectivity index is 3.09. The van der Waals surface area contributed by atoms with Gasteiger partial charge in [0.2, 0.25) is 0 Å². The summed E-state index contributed by atoms with van der Waals surface area (Å²) in [6.07, 6.45) is -0.0623. The van der Waals surface area contributed by atoms with Gasteiger partial charge in [-0.3, -0.25) is 9.59 Å². The molecule has 0 amide bonds. The Morgan fingerprint density at radius 3 is 1.81 bits per heavy atom. The minimum atomic E-state index is -2.88. The third-order valence-corrected chi connectivity index (χ3v) is 5.33. The standard InChI is InChI=1S/C12H15O3P/c1-10(13)8-16(15,9-11(2)14)12-6-4-3-5-7-12/h3-7H,8-9H2,1-2H3. The number of rotatable bonds is 5. The summed E-state index contributed by atoms with van der Waals surface area (Å²) in [5.74, 6) is -0.290. The SMILES string of the molecule is CC(=O)CP(=O)(CC(C)=O)c1ccccc1. The first-order chi connectivity index (χ1) is 7.44. The Morgan fingerprint density at radius 2 is 1.44 bits per heavy atom. The van der Waals surface area contributed by atoms with Crippen LogP contribution in [0.3, 0.4) is 0 Å². The van der Waals surface area contributed by atoms with Crippen LogP contribution in [0.4, 0.5) is 0 Å². The lowest BCUT2D eigenvalue weighted by molar-refractivity contribution is -0.115. The van der Waals surface area contributed by atoms with Crippen molar-refractivity contribution in [2.45, 2.75) is 13.8 Å². The number of hydrogen-bond acceptors (Lipinski definition) is 3. The first-order valence-electron chi connectivity index (χ1n) is 5.06. The van der Waals surface area contributed by atoms with E-state index in [0.29, 0.717) is 5.30 Å². The van der Waals surface area contributed by atoms with Crippen LogP contribution in [0, 0.1) is 0 Å². The summed E-state index contributed by atoms with van der Waals surface area (Å²) in [7, 11) is -2.88. The zero-order chi connectivity index (χ0) is 12.2. The molecule has 86 valence electrons. The zero-order valence-corrected chi connectivity index (χ0v) is 10.4. The van der Waals surface area contributed by atoms with Crippen LogP contribution in [-0.2, 0) is 14.2 Å². The van der Waals surface area contributed by atoms with E-state index < -0.39 is 7.14 Å². The van der Waals surface area contributed by atoms with Crippen LogP contribution in [0.25, 0.3) is 0 Å². The summed E-state index contributed by atoms with van der Waals surface area (Å²) >= 11 is 0. The van der Waals surface area contributed by atoms with E-state index in [1.807, 2.05) is 6.07 Å². The smallest absolute Gasteiger partial charge is 0.137 e. The molecule has 0 aliphatic heterocycles. The third kappa shape index (κ3) is 3.42. The molecular weight excluding hydrogens is 223 g/mol. The largest absolute Gasteiger partial charge is 0.318 e. The number of benzene rings is 1. The maximum absolute atomic E-state index is 12.6. The molecule has 0 aliphatic carbocycles. The fourth-order valence-corrected chi connectivity index (χ4v) is 4.29. The minimum absolute atomic E-state index is 0.0312. The Bertz CT molecular complexity index is 417. The van der Waals surface area contributed by atoms with Gasteiger partial charge in [-0.15, -0.1) is 0 Å². The van der Waals surface area contributed by atoms with E-state index in [1.54, 1.807) is 24.3 Å². The Morgan fingerprint density at radius 1 is 1.00 bits per heavy atom. The maximum Gasteiger partial charge on any atom is 0.137 e. The fourth-order valence-electron chi connectivity index (χ4n) is 1.66. The van der Waals surface area contributed by atoms with Gasteiger partial charge in [0.15, 0.2) is 0 Å². The predicted octanol–water partition coefficient (Wildman–Crippen LogP) is 1.85. The lowest BCUT2D eigenvalue weighted by atomic mass is 10.4. The van der Waals surface area contributed by atoms with Crippen molar-refractivity contribution in [1.82, 2.24) is 0 Å². The molecule has 1 rings (SSSR count). The third-order valence-electron chi connectivity index (χ3n) is 2.18. The number of Topliss-reactive ketones (excluding diaryl/α,β-unsaturated/α-hetero) is 2. The second kappa shape index (κ2) is 5.22. The van der Waals surface area contributed by atoms with Crippen LogP contribution in [0.2, 0.25) is 0 Å². The van der Waals surface area contributed by atoms with Gasteiger partial charge in [-0.2, -0.15) is 0 Å². The van der Waals surface area contributed by atoms with Crippen LogP contribution in [0.5, 0.6) is 0 Å². The first-order valence-corrected chi connectivity index (χ1v) is 7.14. The first kappa shape index (κ1) is 12.9. The molecule has 0 atom stereocenters. The molecule has 0 aliphatic rings. The summed E-state index contributed by atoms with van der Waals surface area (Å²) in [5.41, 5.74) is 0. The van der Waals surface area contributed by atoms with Gasteiger partial charge < -0.3 is 4.57 Å². The summed E-state index contributed by atoms with van der Waals surface area (Å²) in [6, 6.07) is 8.78. The molecule has 0 saturated heterocycles. The Labute approximate surface area is 95.2 Å². The lowest BCUT2D eigenvalue weighted by Gasteiger charge is -2.15. The monoisotopic (exact) mass is 238 g/mol. The molecule has 1 aromatic carbocycles. The topological polar surface area (TPSA) is 51.2 Å². The minimum Gasteiger partial charge on any atom is -0.318 e. The van der Waals surface area contributed by atoms with E-state index in [4.69, 9.17) is 0 Å². The Kier molecular flexibility index (Phi) is 4.19. The molecule has 0 spiro atoms. The van der Waals surface area contributed by atoms with E-state index in [0.717, 1.165) is 0 Å². The van der Waals surface area contributed by atoms with Gasteiger partial charge in [0.1, 0.15) is 18.7 Å². The van der Waals surface area contributed by atoms with Crippen LogP contribution >= 0.6 is 7.14 Å². The van der Waals surface area contributed by atoms with Crippen molar-refractivity contribution in [3.05, 3.63) is 30.3 Å². The molecule has 0 heterocycles. The second-order valence-corrected chi connectivity index (χ2v) is 6.87. The van der Waals surface area contributed by atoms with Crippen molar-refractivity contribution in [2.24, 2.45) is 0 Å². The van der Waals surface area contributed by atoms with Crippen LogP contribution in [-0.4, -0.2) is 23.9 Å². The molecule has 1 aromatic rings. The van der Waals surface area contributed by atoms with Crippen molar-refractivity contribution in [3.8, 4) is 0 Å². The molecule has 0 radical (unpaired) electrons. The van der Waals surface area contributed by atoms with Gasteiger partial charge in [-0.1, -0.05) is 30.3 Å². The summed E-state index contributed by atoms with van der Waals surface area (Å²) in [4.78, 5) is 22.3. The van der Waals surface area contributed by atoms with Crippen molar-refractivity contribution >= 4 is 24.0 Å². The molecule has 0 N–H and O–H groups in total. The number of hydrogen-bond donors (Lipinski definition) is 0. The van der Waals surface area contributed by atoms with Gasteiger partial charge in [0.05, 0.1) is 12.3 Å². The maximum atomic E-state index is 12.6. The lowest BCUT2D eigenvalue weighted by Crippen LogP contribution is -2.17. The number of carbonyl (C=O) groups is 2. The summed E-state index contributed by atoms with van der Waals surface area (Å²) < 4.78 is 12.6.